The molecule has 0 fully saturated rings. The van der Waals surface area contributed by atoms with Crippen molar-refractivity contribution in [2.24, 2.45) is 0 Å². The highest BCUT2D eigenvalue weighted by Gasteiger charge is 2.37. The van der Waals surface area contributed by atoms with Crippen LogP contribution in [0.15, 0.2) is 35.6 Å². The number of rotatable bonds is 32. The van der Waals surface area contributed by atoms with E-state index in [2.05, 4.69) is 17.7 Å². The number of hydrogen-bond donors (Lipinski definition) is 3. The summed E-state index contributed by atoms with van der Waals surface area (Å²) in [5.41, 5.74) is 3.93. The van der Waals surface area contributed by atoms with Crippen molar-refractivity contribution in [1.82, 2.24) is 15.9 Å². The molecule has 0 saturated carbocycles. The molecule has 2 rings (SSSR count). The standard InChI is InChI=1S/C37H64N4O8/c1-2-3-4-5-6-7-8-9-10-12-15-18-21-24-36(43)47-30-32(42)31-48-37(44)25-22-19-16-13-11-14-17-20-23-28-38-33-26-27-35(41(45)46)40-34(33)29-39-49-40/h26-27,29,32,38-39,42H,2-25,28,30-31H2,1H3. The number of nitro groups is 1. The van der Waals surface area contributed by atoms with Crippen molar-refractivity contribution in [3.63, 3.8) is 0 Å². The van der Waals surface area contributed by atoms with Crippen LogP contribution < -0.4 is 10.8 Å². The summed E-state index contributed by atoms with van der Waals surface area (Å²) in [4.78, 5) is 39.7. The molecule has 0 aromatic heterocycles. The lowest BCUT2D eigenvalue weighted by Gasteiger charge is -2.18. The first kappa shape index (κ1) is 42.0. The van der Waals surface area contributed by atoms with Crippen molar-refractivity contribution >= 4 is 11.9 Å². The summed E-state index contributed by atoms with van der Waals surface area (Å²) in [6.45, 7) is 2.73. The Morgan fingerprint density at radius 3 is 1.69 bits per heavy atom. The molecule has 0 radical (unpaired) electrons. The highest BCUT2D eigenvalue weighted by atomic mass is 16.8. The molecule has 0 spiro atoms. The maximum absolute atomic E-state index is 12.0. The Hall–Kier alpha value is -3.12. The molecule has 0 aromatic carbocycles. The number of esters is 2. The molecule has 0 aliphatic carbocycles. The van der Waals surface area contributed by atoms with Gasteiger partial charge in [0.25, 0.3) is 0 Å². The average Bonchev–Trinajstić information content (AvgIpc) is 3.59. The molecule has 0 saturated heterocycles. The van der Waals surface area contributed by atoms with E-state index in [1.54, 1.807) is 12.3 Å². The van der Waals surface area contributed by atoms with Gasteiger partial charge in [-0.1, -0.05) is 134 Å². The van der Waals surface area contributed by atoms with Crippen molar-refractivity contribution in [3.05, 3.63) is 45.7 Å². The van der Waals surface area contributed by atoms with Crippen LogP contribution in [0.3, 0.4) is 0 Å². The largest absolute Gasteiger partial charge is 0.463 e. The first-order chi connectivity index (χ1) is 23.9. The normalized spacial score (nSPS) is 14.3. The van der Waals surface area contributed by atoms with Gasteiger partial charge in [-0.15, -0.1) is 0 Å². The summed E-state index contributed by atoms with van der Waals surface area (Å²) >= 11 is 0. The van der Waals surface area contributed by atoms with Gasteiger partial charge in [-0.05, 0) is 35.3 Å². The highest BCUT2D eigenvalue weighted by molar-refractivity contribution is 5.69. The number of fused-ring (bicyclic) bond motifs is 1. The van der Waals surface area contributed by atoms with E-state index in [-0.39, 0.29) is 31.0 Å². The van der Waals surface area contributed by atoms with Gasteiger partial charge in [0.05, 0.1) is 11.9 Å². The zero-order valence-corrected chi connectivity index (χ0v) is 30.1. The molecule has 49 heavy (non-hydrogen) atoms. The van der Waals surface area contributed by atoms with Gasteiger partial charge in [-0.2, -0.15) is 0 Å². The number of carbonyl (C=O) groups is 2. The molecule has 1 unspecified atom stereocenters. The lowest BCUT2D eigenvalue weighted by Crippen LogP contribution is -2.31. The zero-order chi connectivity index (χ0) is 35.4. The molecule has 2 heterocycles. The van der Waals surface area contributed by atoms with E-state index >= 15 is 0 Å². The molecule has 1 atom stereocenters. The number of ether oxygens (including phenoxy) is 2. The molecule has 2 aliphatic rings. The van der Waals surface area contributed by atoms with E-state index in [9.17, 15) is 24.8 Å². The van der Waals surface area contributed by atoms with Gasteiger partial charge in [0.2, 0.25) is 5.70 Å². The molecule has 280 valence electrons. The molecule has 0 aromatic rings. The SMILES string of the molecule is CCCCCCCCCCCCCCCC(=O)OCC(O)COC(=O)CCCCCCCCCCCNC1=CC=C([N+](=O)[O-])N2ONC=C12. The van der Waals surface area contributed by atoms with E-state index in [1.807, 2.05) is 0 Å². The predicted octanol–water partition coefficient (Wildman–Crippen LogP) is 8.01. The maximum Gasteiger partial charge on any atom is 0.355 e. The van der Waals surface area contributed by atoms with Crippen LogP contribution in [0.2, 0.25) is 0 Å². The van der Waals surface area contributed by atoms with Gasteiger partial charge in [-0.3, -0.25) is 9.59 Å². The Morgan fingerprint density at radius 1 is 0.776 bits per heavy atom. The number of nitrogens with zero attached hydrogens (tertiary/aromatic N) is 2. The second-order valence-electron chi connectivity index (χ2n) is 13.3. The Kier molecular flexibility index (Phi) is 23.7. The van der Waals surface area contributed by atoms with Crippen molar-refractivity contribution in [3.8, 4) is 0 Å². The van der Waals surface area contributed by atoms with Gasteiger partial charge < -0.3 is 30.0 Å². The fourth-order valence-corrected chi connectivity index (χ4v) is 5.91. The monoisotopic (exact) mass is 692 g/mol. The molecule has 0 bridgehead atoms. The smallest absolute Gasteiger partial charge is 0.355 e. The van der Waals surface area contributed by atoms with Crippen LogP contribution in [-0.2, 0) is 24.0 Å². The Morgan fingerprint density at radius 2 is 1.22 bits per heavy atom. The van der Waals surface area contributed by atoms with Crippen LogP contribution in [0.25, 0.3) is 0 Å². The molecule has 12 nitrogen and oxygen atoms in total. The third kappa shape index (κ3) is 20.2. The van der Waals surface area contributed by atoms with E-state index in [1.165, 1.54) is 75.3 Å². The fraction of sp³-hybridized carbons (Fsp3) is 0.784. The third-order valence-corrected chi connectivity index (χ3v) is 8.86. The lowest BCUT2D eigenvalue weighted by molar-refractivity contribution is -0.465. The fourth-order valence-electron chi connectivity index (χ4n) is 5.91. The van der Waals surface area contributed by atoms with Crippen LogP contribution in [0, 0.1) is 10.1 Å². The van der Waals surface area contributed by atoms with Crippen LogP contribution in [0.5, 0.6) is 0 Å². The minimum atomic E-state index is -0.997. The number of aliphatic hydroxyl groups excluding tert-OH is 1. The maximum atomic E-state index is 12.0. The lowest BCUT2D eigenvalue weighted by atomic mass is 10.0. The molecule has 2 aliphatic heterocycles. The van der Waals surface area contributed by atoms with Crippen molar-refractivity contribution < 1.29 is 34.0 Å². The molecular weight excluding hydrogens is 628 g/mol. The van der Waals surface area contributed by atoms with Crippen LogP contribution in [-0.4, -0.2) is 52.9 Å². The van der Waals surface area contributed by atoms with Gasteiger partial charge in [0.1, 0.15) is 19.3 Å². The quantitative estimate of drug-likeness (QED) is 0.0272. The summed E-state index contributed by atoms with van der Waals surface area (Å²) in [5, 5.41) is 25.6. The Balaban J connectivity index is 1.31. The van der Waals surface area contributed by atoms with Gasteiger partial charge in [0.15, 0.2) is 0 Å². The highest BCUT2D eigenvalue weighted by Crippen LogP contribution is 2.27. The minimum absolute atomic E-state index is 0.136. The van der Waals surface area contributed by atoms with E-state index in [4.69, 9.17) is 14.4 Å². The number of carbonyl (C=O) groups excluding carboxylic acids is 2. The summed E-state index contributed by atoms with van der Waals surface area (Å²) in [5.74, 6) is -0.771. The number of aliphatic hydroxyl groups is 1. The van der Waals surface area contributed by atoms with Gasteiger partial charge in [0, 0.05) is 25.5 Å². The second-order valence-corrected chi connectivity index (χ2v) is 13.3. The van der Waals surface area contributed by atoms with E-state index in [0.717, 1.165) is 89.3 Å². The summed E-state index contributed by atoms with van der Waals surface area (Å²) in [6, 6.07) is 0. The van der Waals surface area contributed by atoms with Crippen molar-refractivity contribution in [2.75, 3.05) is 19.8 Å². The van der Waals surface area contributed by atoms with Gasteiger partial charge >= 0.3 is 17.8 Å². The zero-order valence-electron chi connectivity index (χ0n) is 30.1. The predicted molar refractivity (Wildman–Crippen MR) is 190 cm³/mol. The van der Waals surface area contributed by atoms with Crippen LogP contribution >= 0.6 is 0 Å². The van der Waals surface area contributed by atoms with Crippen molar-refractivity contribution in [2.45, 2.75) is 167 Å². The second kappa shape index (κ2) is 27.7. The number of unbranched alkanes of at least 4 members (excludes halogenated alkanes) is 20. The molecular formula is C37H64N4O8. The number of nitrogens with one attached hydrogen (secondary N) is 2. The summed E-state index contributed by atoms with van der Waals surface area (Å²) < 4.78 is 10.3. The molecule has 12 heteroatoms. The summed E-state index contributed by atoms with van der Waals surface area (Å²) in [6.07, 6.45) is 30.2. The number of hydrogen-bond acceptors (Lipinski definition) is 11. The molecule has 3 N–H and O–H groups in total. The topological polar surface area (TPSA) is 153 Å². The first-order valence-electron chi connectivity index (χ1n) is 19.1. The van der Waals surface area contributed by atoms with Crippen molar-refractivity contribution in [1.29, 1.82) is 0 Å². The van der Waals surface area contributed by atoms with E-state index < -0.39 is 11.0 Å². The van der Waals surface area contributed by atoms with Crippen LogP contribution in [0.1, 0.15) is 161 Å². The number of hydroxylamine groups is 3. The summed E-state index contributed by atoms with van der Waals surface area (Å²) in [7, 11) is 0. The van der Waals surface area contributed by atoms with Crippen LogP contribution in [0.4, 0.5) is 0 Å². The third-order valence-electron chi connectivity index (χ3n) is 8.86. The van der Waals surface area contributed by atoms with Gasteiger partial charge in [-0.25, -0.2) is 5.48 Å². The number of allylic oxidation sites excluding steroid dienone is 2. The first-order valence-corrected chi connectivity index (χ1v) is 19.1. The molecule has 0 amide bonds. The minimum Gasteiger partial charge on any atom is -0.463 e. The Labute approximate surface area is 294 Å². The average molecular weight is 693 g/mol. The Bertz CT molecular complexity index is 1030. The van der Waals surface area contributed by atoms with E-state index in [0.29, 0.717) is 18.5 Å².